The second-order valence-corrected chi connectivity index (χ2v) is 1.54. The molecule has 0 aliphatic rings. The van der Waals surface area contributed by atoms with Crippen LogP contribution in [0, 0.1) is 0 Å². The molecule has 1 aromatic rings. The van der Waals surface area contributed by atoms with Gasteiger partial charge in [-0.2, -0.15) is 4.99 Å². The van der Waals surface area contributed by atoms with Crippen LogP contribution in [0.25, 0.3) is 0 Å². The quantitative estimate of drug-likeness (QED) is 0.462. The molecule has 0 aliphatic heterocycles. The molecule has 5 nitrogen and oxygen atoms in total. The lowest BCUT2D eigenvalue weighted by molar-refractivity contribution is 0.565. The van der Waals surface area contributed by atoms with Crippen molar-refractivity contribution in [1.29, 1.82) is 0 Å². The van der Waals surface area contributed by atoms with Crippen molar-refractivity contribution in [2.45, 2.75) is 0 Å². The Kier molecular flexibility index (Phi) is 29.1. The summed E-state index contributed by atoms with van der Waals surface area (Å²) in [5.41, 5.74) is 14.1. The lowest BCUT2D eigenvalue weighted by Gasteiger charge is -1.83. The zero-order valence-corrected chi connectivity index (χ0v) is 9.47. The fourth-order valence-electron chi connectivity index (χ4n) is 0.555. The molecule has 1 aromatic carbocycles. The van der Waals surface area contributed by atoms with E-state index in [1.54, 1.807) is 12.1 Å². The van der Waals surface area contributed by atoms with Crippen LogP contribution in [0.5, 0.6) is 0 Å². The van der Waals surface area contributed by atoms with E-state index in [1.807, 2.05) is 18.2 Å². The van der Waals surface area contributed by atoms with Gasteiger partial charge in [0, 0.05) is 0 Å². The highest BCUT2D eigenvalue weighted by atomic mass is 16.1. The molecule has 0 atom stereocenters. The van der Waals surface area contributed by atoms with E-state index in [-0.39, 0.29) is 0 Å². The third kappa shape index (κ3) is 15.3. The minimum atomic E-state index is 0.646. The van der Waals surface area contributed by atoms with Crippen molar-refractivity contribution >= 4 is 11.8 Å². The first kappa shape index (κ1) is 19.1. The second kappa shape index (κ2) is 22.9. The molecule has 15 heavy (non-hydrogen) atoms. The number of carbonyl (C=O) groups excluding carboxylic acids is 1. The van der Waals surface area contributed by atoms with Crippen LogP contribution in [0.1, 0.15) is 0 Å². The summed E-state index contributed by atoms with van der Waals surface area (Å²) in [5, 5.41) is 0. The van der Waals surface area contributed by atoms with Crippen LogP contribution in [0.15, 0.2) is 35.3 Å². The van der Waals surface area contributed by atoms with E-state index in [0.29, 0.717) is 5.69 Å². The topological polar surface area (TPSA) is 107 Å². The Labute approximate surface area is 91.0 Å². The Morgan fingerprint density at radius 2 is 1.33 bits per heavy atom. The molecule has 86 valence electrons. The first-order chi connectivity index (χ1) is 7.43. The highest BCUT2D eigenvalue weighted by Gasteiger charge is 1.79. The zero-order valence-electron chi connectivity index (χ0n) is 9.47. The molecule has 0 saturated carbocycles. The van der Waals surface area contributed by atoms with E-state index >= 15 is 0 Å². The predicted molar refractivity (Wildman–Crippen MR) is 64.6 cm³/mol. The molecule has 0 aromatic heterocycles. The summed E-state index contributed by atoms with van der Waals surface area (Å²) in [6.07, 6.45) is 1.46. The van der Waals surface area contributed by atoms with Crippen LogP contribution in [0.3, 0.4) is 0 Å². The van der Waals surface area contributed by atoms with Gasteiger partial charge >= 0.3 is 0 Å². The molecule has 0 amide bonds. The van der Waals surface area contributed by atoms with Crippen molar-refractivity contribution < 1.29 is 4.79 Å². The lowest BCUT2D eigenvalue weighted by Crippen LogP contribution is -1.69. The third-order valence-electron chi connectivity index (χ3n) is 0.931. The highest BCUT2D eigenvalue weighted by Crippen LogP contribution is 2.06. The SMILES string of the molecule is CN.CN.CN.O=C=Nc1ccccc1. The van der Waals surface area contributed by atoms with E-state index < -0.39 is 0 Å². The molecular weight excluding hydrogens is 192 g/mol. The minimum absolute atomic E-state index is 0.646. The Hall–Kier alpha value is -1.52. The molecule has 0 bridgehead atoms. The number of para-hydroxylation sites is 1. The number of rotatable bonds is 1. The summed E-state index contributed by atoms with van der Waals surface area (Å²) >= 11 is 0. The number of isocyanates is 1. The summed E-state index contributed by atoms with van der Waals surface area (Å²) in [4.78, 5) is 13.1. The molecular formula is C10H20N4O. The maximum absolute atomic E-state index is 9.68. The number of aliphatic imine (C=N–C) groups is 1. The Balaban J connectivity index is -0.000000208. The number of nitrogens with two attached hydrogens (primary N) is 3. The van der Waals surface area contributed by atoms with Gasteiger partial charge in [0.05, 0.1) is 5.69 Å². The maximum Gasteiger partial charge on any atom is 0.240 e. The van der Waals surface area contributed by atoms with Gasteiger partial charge < -0.3 is 17.2 Å². The van der Waals surface area contributed by atoms with Gasteiger partial charge in [-0.1, -0.05) is 18.2 Å². The summed E-state index contributed by atoms with van der Waals surface area (Å²) in [6.45, 7) is 0. The average molecular weight is 212 g/mol. The van der Waals surface area contributed by atoms with Crippen LogP contribution in [0.4, 0.5) is 5.69 Å². The van der Waals surface area contributed by atoms with Gasteiger partial charge in [-0.05, 0) is 33.3 Å². The molecule has 1 rings (SSSR count). The summed E-state index contributed by atoms with van der Waals surface area (Å²) < 4.78 is 0. The monoisotopic (exact) mass is 212 g/mol. The van der Waals surface area contributed by atoms with Gasteiger partial charge in [-0.25, -0.2) is 4.79 Å². The molecule has 0 unspecified atom stereocenters. The van der Waals surface area contributed by atoms with Crippen LogP contribution in [-0.2, 0) is 4.79 Å². The van der Waals surface area contributed by atoms with Gasteiger partial charge in [0.1, 0.15) is 0 Å². The van der Waals surface area contributed by atoms with Crippen LogP contribution in [-0.4, -0.2) is 27.2 Å². The van der Waals surface area contributed by atoms with Crippen molar-refractivity contribution in [1.82, 2.24) is 0 Å². The molecule has 0 spiro atoms. The van der Waals surface area contributed by atoms with Gasteiger partial charge in [-0.3, -0.25) is 0 Å². The smallest absolute Gasteiger partial charge is 0.240 e. The van der Waals surface area contributed by atoms with Gasteiger partial charge in [0.25, 0.3) is 0 Å². The zero-order chi connectivity index (χ0) is 12.5. The number of hydrogen-bond acceptors (Lipinski definition) is 5. The molecule has 0 heterocycles. The van der Waals surface area contributed by atoms with E-state index in [1.165, 1.54) is 27.2 Å². The Morgan fingerprint density at radius 3 is 1.67 bits per heavy atom. The number of nitrogens with zero attached hydrogens (tertiary/aromatic N) is 1. The molecule has 6 N–H and O–H groups in total. The number of hydrogen-bond donors (Lipinski definition) is 3. The number of benzene rings is 1. The maximum atomic E-state index is 9.68. The predicted octanol–water partition coefficient (Wildman–Crippen LogP) is 0.379. The lowest BCUT2D eigenvalue weighted by atomic mass is 10.3. The van der Waals surface area contributed by atoms with E-state index in [4.69, 9.17) is 0 Å². The van der Waals surface area contributed by atoms with Crippen LogP contribution >= 0.6 is 0 Å². The van der Waals surface area contributed by atoms with Crippen molar-refractivity contribution in [3.63, 3.8) is 0 Å². The average Bonchev–Trinajstić information content (AvgIpc) is 2.38. The summed E-state index contributed by atoms with van der Waals surface area (Å²) in [7, 11) is 4.50. The third-order valence-corrected chi connectivity index (χ3v) is 0.931. The first-order valence-electron chi connectivity index (χ1n) is 4.29. The van der Waals surface area contributed by atoms with Gasteiger partial charge in [0.2, 0.25) is 6.08 Å². The fourth-order valence-corrected chi connectivity index (χ4v) is 0.555. The Morgan fingerprint density at radius 1 is 0.933 bits per heavy atom. The molecule has 5 heteroatoms. The molecule has 0 fully saturated rings. The minimum Gasteiger partial charge on any atom is -0.333 e. The van der Waals surface area contributed by atoms with Gasteiger partial charge in [0.15, 0.2) is 0 Å². The van der Waals surface area contributed by atoms with Crippen LogP contribution in [0.2, 0.25) is 0 Å². The summed E-state index contributed by atoms with van der Waals surface area (Å²) in [6, 6.07) is 8.98. The highest BCUT2D eigenvalue weighted by molar-refractivity contribution is 5.47. The van der Waals surface area contributed by atoms with Crippen molar-refractivity contribution in [2.75, 3.05) is 21.1 Å². The van der Waals surface area contributed by atoms with Crippen molar-refractivity contribution in [3.05, 3.63) is 30.3 Å². The molecule has 0 saturated heterocycles. The standard InChI is InChI=1S/C7H5NO.3CH5N/c9-6-8-7-4-2-1-3-5-7;3*1-2/h1-5H;3*2H2,1H3. The van der Waals surface area contributed by atoms with Crippen molar-refractivity contribution in [2.24, 2.45) is 22.2 Å². The van der Waals surface area contributed by atoms with E-state index in [0.717, 1.165) is 0 Å². The van der Waals surface area contributed by atoms with E-state index in [9.17, 15) is 4.79 Å². The molecule has 0 radical (unpaired) electrons. The normalized spacial score (nSPS) is 6.00. The second-order valence-electron chi connectivity index (χ2n) is 1.54. The largest absolute Gasteiger partial charge is 0.333 e. The molecule has 0 aliphatic carbocycles. The fraction of sp³-hybridized carbons (Fsp3) is 0.300. The van der Waals surface area contributed by atoms with Gasteiger partial charge in [-0.15, -0.1) is 0 Å². The Bertz CT molecular complexity index is 232. The summed E-state index contributed by atoms with van der Waals surface area (Å²) in [5.74, 6) is 0. The van der Waals surface area contributed by atoms with E-state index in [2.05, 4.69) is 22.2 Å². The van der Waals surface area contributed by atoms with Crippen molar-refractivity contribution in [3.8, 4) is 0 Å². The van der Waals surface area contributed by atoms with Crippen LogP contribution < -0.4 is 17.2 Å². The first-order valence-corrected chi connectivity index (χ1v) is 4.29.